The molecule has 0 fully saturated rings. The zero-order valence-corrected chi connectivity index (χ0v) is 10.1. The highest BCUT2D eigenvalue weighted by Crippen LogP contribution is 2.29. The Labute approximate surface area is 109 Å². The Hall–Kier alpha value is -2.19. The number of nitrogens with zero attached hydrogens (tertiary/aromatic N) is 2. The lowest BCUT2D eigenvalue weighted by molar-refractivity contribution is 0.0200. The van der Waals surface area contributed by atoms with Crippen molar-refractivity contribution in [3.8, 4) is 12.3 Å². The third-order valence-electron chi connectivity index (χ3n) is 2.83. The first-order valence-corrected chi connectivity index (χ1v) is 5.62. The molecule has 98 valence electrons. The Balaban J connectivity index is 2.41. The average molecular weight is 262 g/mol. The minimum atomic E-state index is -1.60. The van der Waals surface area contributed by atoms with Crippen molar-refractivity contribution in [3.05, 3.63) is 54.1 Å². The van der Waals surface area contributed by atoms with E-state index in [-0.39, 0.29) is 18.5 Å². The average Bonchev–Trinajstić information content (AvgIpc) is 2.81. The number of halogens is 2. The van der Waals surface area contributed by atoms with Gasteiger partial charge >= 0.3 is 0 Å². The summed E-state index contributed by atoms with van der Waals surface area (Å²) in [7, 11) is 0. The molecule has 0 spiro atoms. The van der Waals surface area contributed by atoms with E-state index < -0.39 is 17.2 Å². The Bertz CT molecular complexity index is 604. The number of terminal acetylenes is 1. The quantitative estimate of drug-likeness (QED) is 0.857. The van der Waals surface area contributed by atoms with Gasteiger partial charge in [-0.2, -0.15) is 0 Å². The lowest BCUT2D eigenvalue weighted by Gasteiger charge is -2.27. The molecule has 1 unspecified atom stereocenters. The molecule has 0 amide bonds. The summed E-state index contributed by atoms with van der Waals surface area (Å²) in [5, 5.41) is 10.6. The van der Waals surface area contributed by atoms with E-state index in [2.05, 4.69) is 10.9 Å². The van der Waals surface area contributed by atoms with Gasteiger partial charge in [0.25, 0.3) is 0 Å². The molecule has 0 aliphatic carbocycles. The van der Waals surface area contributed by atoms with Gasteiger partial charge in [0.15, 0.2) is 0 Å². The maximum Gasteiger partial charge on any atom is 0.132 e. The van der Waals surface area contributed by atoms with Gasteiger partial charge in [-0.1, -0.05) is 6.07 Å². The molecule has 1 atom stereocenters. The van der Waals surface area contributed by atoms with Crippen molar-refractivity contribution >= 4 is 0 Å². The van der Waals surface area contributed by atoms with Crippen LogP contribution in [0.15, 0.2) is 36.9 Å². The largest absolute Gasteiger partial charge is 0.382 e. The summed E-state index contributed by atoms with van der Waals surface area (Å²) in [5.74, 6) is 0.794. The van der Waals surface area contributed by atoms with E-state index in [0.29, 0.717) is 0 Å². The number of hydrogen-bond acceptors (Lipinski definition) is 2. The van der Waals surface area contributed by atoms with Gasteiger partial charge in [-0.15, -0.1) is 12.3 Å². The smallest absolute Gasteiger partial charge is 0.132 e. The molecular formula is C14H12F2N2O. The van der Waals surface area contributed by atoms with Gasteiger partial charge in [0.05, 0.1) is 12.9 Å². The first kappa shape index (κ1) is 13.2. The fourth-order valence-electron chi connectivity index (χ4n) is 1.95. The molecule has 1 aromatic carbocycles. The van der Waals surface area contributed by atoms with Crippen molar-refractivity contribution < 1.29 is 13.9 Å². The second kappa shape index (κ2) is 5.21. The highest BCUT2D eigenvalue weighted by atomic mass is 19.1. The lowest BCUT2D eigenvalue weighted by atomic mass is 9.90. The van der Waals surface area contributed by atoms with E-state index in [1.807, 2.05) is 0 Å². The van der Waals surface area contributed by atoms with Crippen LogP contribution in [0.4, 0.5) is 8.78 Å². The molecular weight excluding hydrogens is 250 g/mol. The first-order chi connectivity index (χ1) is 9.05. The van der Waals surface area contributed by atoms with Crippen molar-refractivity contribution in [2.24, 2.45) is 0 Å². The fourth-order valence-corrected chi connectivity index (χ4v) is 1.95. The van der Waals surface area contributed by atoms with E-state index in [0.717, 1.165) is 12.1 Å². The Morgan fingerprint density at radius 2 is 2.21 bits per heavy atom. The van der Waals surface area contributed by atoms with Gasteiger partial charge in [0.2, 0.25) is 0 Å². The predicted molar refractivity (Wildman–Crippen MR) is 65.9 cm³/mol. The van der Waals surface area contributed by atoms with Gasteiger partial charge in [-0.05, 0) is 6.07 Å². The maximum absolute atomic E-state index is 13.8. The number of imidazole rings is 1. The Kier molecular flexibility index (Phi) is 3.63. The van der Waals surface area contributed by atoms with E-state index in [1.54, 1.807) is 10.8 Å². The molecule has 2 rings (SSSR count). The topological polar surface area (TPSA) is 38.0 Å². The number of hydrogen-bond donors (Lipinski definition) is 1. The molecule has 19 heavy (non-hydrogen) atoms. The number of aromatic nitrogens is 2. The third kappa shape index (κ3) is 2.80. The van der Waals surface area contributed by atoms with Crippen LogP contribution in [0.3, 0.4) is 0 Å². The van der Waals surface area contributed by atoms with E-state index in [4.69, 9.17) is 6.42 Å². The number of benzene rings is 1. The summed E-state index contributed by atoms with van der Waals surface area (Å²) in [6, 6.07) is 3.03. The molecule has 0 aliphatic heterocycles. The standard InChI is InChI=1S/C14H12F2N2O/c1-2-5-14(19,9-18-7-6-17-10-18)12-4-3-11(15)8-13(12)16/h1,3-4,6-8,10,19H,5,9H2. The molecule has 2 aromatic rings. The van der Waals surface area contributed by atoms with Crippen LogP contribution in [0, 0.1) is 24.0 Å². The molecule has 0 saturated heterocycles. The van der Waals surface area contributed by atoms with Crippen LogP contribution in [-0.2, 0) is 12.1 Å². The van der Waals surface area contributed by atoms with E-state index in [1.165, 1.54) is 18.6 Å². The number of rotatable bonds is 4. The first-order valence-electron chi connectivity index (χ1n) is 5.62. The monoisotopic (exact) mass is 262 g/mol. The molecule has 0 radical (unpaired) electrons. The Morgan fingerprint density at radius 3 is 2.79 bits per heavy atom. The van der Waals surface area contributed by atoms with Crippen LogP contribution >= 0.6 is 0 Å². The molecule has 1 aromatic heterocycles. The van der Waals surface area contributed by atoms with Gasteiger partial charge in [0.1, 0.15) is 17.2 Å². The number of aliphatic hydroxyl groups is 1. The third-order valence-corrected chi connectivity index (χ3v) is 2.83. The van der Waals surface area contributed by atoms with Crippen molar-refractivity contribution in [1.29, 1.82) is 0 Å². The van der Waals surface area contributed by atoms with Crippen LogP contribution < -0.4 is 0 Å². The van der Waals surface area contributed by atoms with Gasteiger partial charge < -0.3 is 9.67 Å². The summed E-state index contributed by atoms with van der Waals surface area (Å²) in [5.41, 5.74) is -1.63. The Morgan fingerprint density at radius 1 is 1.42 bits per heavy atom. The van der Waals surface area contributed by atoms with Crippen LogP contribution in [0.1, 0.15) is 12.0 Å². The maximum atomic E-state index is 13.8. The van der Waals surface area contributed by atoms with E-state index in [9.17, 15) is 13.9 Å². The zero-order chi connectivity index (χ0) is 13.9. The summed E-state index contributed by atoms with van der Waals surface area (Å²) in [6.45, 7) is 0.0414. The van der Waals surface area contributed by atoms with Gasteiger partial charge in [-0.3, -0.25) is 0 Å². The molecule has 0 aliphatic rings. The fraction of sp³-hybridized carbons (Fsp3) is 0.214. The highest BCUT2D eigenvalue weighted by molar-refractivity contribution is 5.26. The summed E-state index contributed by atoms with van der Waals surface area (Å²) >= 11 is 0. The predicted octanol–water partition coefficient (Wildman–Crippen LogP) is 2.07. The van der Waals surface area contributed by atoms with Crippen molar-refractivity contribution in [2.75, 3.05) is 0 Å². The molecule has 1 N–H and O–H groups in total. The molecule has 0 saturated carbocycles. The van der Waals surface area contributed by atoms with Crippen molar-refractivity contribution in [3.63, 3.8) is 0 Å². The summed E-state index contributed by atoms with van der Waals surface area (Å²) < 4.78 is 28.3. The van der Waals surface area contributed by atoms with Crippen molar-refractivity contribution in [1.82, 2.24) is 9.55 Å². The van der Waals surface area contributed by atoms with Crippen molar-refractivity contribution in [2.45, 2.75) is 18.6 Å². The van der Waals surface area contributed by atoms with Crippen LogP contribution in [0.2, 0.25) is 0 Å². The summed E-state index contributed by atoms with van der Waals surface area (Å²) in [4.78, 5) is 3.84. The van der Waals surface area contributed by atoms with Gasteiger partial charge in [-0.25, -0.2) is 13.8 Å². The second-order valence-electron chi connectivity index (χ2n) is 4.27. The molecule has 3 nitrogen and oxygen atoms in total. The van der Waals surface area contributed by atoms with Crippen LogP contribution in [0.25, 0.3) is 0 Å². The summed E-state index contributed by atoms with van der Waals surface area (Å²) in [6.07, 6.45) is 9.80. The van der Waals surface area contributed by atoms with Crippen LogP contribution in [0.5, 0.6) is 0 Å². The minimum Gasteiger partial charge on any atom is -0.382 e. The van der Waals surface area contributed by atoms with E-state index >= 15 is 0 Å². The highest BCUT2D eigenvalue weighted by Gasteiger charge is 2.32. The normalized spacial score (nSPS) is 13.8. The molecule has 1 heterocycles. The lowest BCUT2D eigenvalue weighted by Crippen LogP contribution is -2.32. The SMILES string of the molecule is C#CCC(O)(Cn1ccnc1)c1ccc(F)cc1F. The molecule has 5 heteroatoms. The zero-order valence-electron chi connectivity index (χ0n) is 10.1. The van der Waals surface area contributed by atoms with Gasteiger partial charge in [0, 0.05) is 30.4 Å². The minimum absolute atomic E-state index is 0.0273. The van der Waals surface area contributed by atoms with Crippen LogP contribution in [-0.4, -0.2) is 14.7 Å². The molecule has 0 bridgehead atoms. The second-order valence-corrected chi connectivity index (χ2v) is 4.27.